The summed E-state index contributed by atoms with van der Waals surface area (Å²) in [6.45, 7) is 3.74. The molecular formula is C19H29N3O5S2. The topological polar surface area (TPSA) is 113 Å². The van der Waals surface area contributed by atoms with Crippen LogP contribution in [0.5, 0.6) is 0 Å². The summed E-state index contributed by atoms with van der Waals surface area (Å²) in [5.41, 5.74) is 1.13. The predicted molar refractivity (Wildman–Crippen MR) is 114 cm³/mol. The van der Waals surface area contributed by atoms with Crippen LogP contribution in [-0.4, -0.2) is 46.3 Å². The Morgan fingerprint density at radius 2 is 1.86 bits per heavy atom. The largest absolute Gasteiger partial charge is 0.326 e. The molecule has 29 heavy (non-hydrogen) atoms. The first-order valence-corrected chi connectivity index (χ1v) is 13.2. The number of sulfonamides is 2. The van der Waals surface area contributed by atoms with Crippen molar-refractivity contribution >= 4 is 37.3 Å². The van der Waals surface area contributed by atoms with E-state index in [1.165, 1.54) is 4.31 Å². The van der Waals surface area contributed by atoms with Gasteiger partial charge in [-0.25, -0.2) is 21.6 Å². The van der Waals surface area contributed by atoms with E-state index in [1.807, 2.05) is 0 Å². The summed E-state index contributed by atoms with van der Waals surface area (Å²) < 4.78 is 52.3. The number of benzene rings is 1. The van der Waals surface area contributed by atoms with Gasteiger partial charge < -0.3 is 5.32 Å². The van der Waals surface area contributed by atoms with Gasteiger partial charge in [-0.05, 0) is 64.2 Å². The maximum atomic E-state index is 12.6. The Balaban J connectivity index is 1.57. The summed E-state index contributed by atoms with van der Waals surface area (Å²) in [5.74, 6) is -0.154. The molecule has 1 aliphatic heterocycles. The van der Waals surface area contributed by atoms with Gasteiger partial charge in [0.05, 0.1) is 16.7 Å². The Morgan fingerprint density at radius 1 is 1.17 bits per heavy atom. The number of anilines is 2. The number of hydrogen-bond acceptors (Lipinski definition) is 5. The van der Waals surface area contributed by atoms with Gasteiger partial charge in [0.1, 0.15) is 0 Å². The van der Waals surface area contributed by atoms with Gasteiger partial charge in [-0.15, -0.1) is 0 Å². The van der Waals surface area contributed by atoms with E-state index >= 15 is 0 Å². The summed E-state index contributed by atoms with van der Waals surface area (Å²) in [6.07, 6.45) is 3.06. The summed E-state index contributed by atoms with van der Waals surface area (Å²) in [7, 11) is -6.58. The van der Waals surface area contributed by atoms with Crippen molar-refractivity contribution in [3.05, 3.63) is 24.3 Å². The second-order valence-electron chi connectivity index (χ2n) is 8.04. The lowest BCUT2D eigenvalue weighted by molar-refractivity contribution is -0.120. The second-order valence-corrected chi connectivity index (χ2v) is 12.3. The zero-order valence-corrected chi connectivity index (χ0v) is 18.4. The van der Waals surface area contributed by atoms with Crippen LogP contribution in [0.2, 0.25) is 0 Å². The maximum Gasteiger partial charge on any atom is 0.235 e. The van der Waals surface area contributed by atoms with E-state index in [2.05, 4.69) is 10.0 Å². The van der Waals surface area contributed by atoms with Gasteiger partial charge in [0.25, 0.3) is 0 Å². The normalized spacial score (nSPS) is 24.6. The van der Waals surface area contributed by atoms with Crippen molar-refractivity contribution in [2.45, 2.75) is 57.2 Å². The molecule has 10 heteroatoms. The van der Waals surface area contributed by atoms with Crippen LogP contribution < -0.4 is 14.3 Å². The number of carbonyl (C=O) groups is 1. The van der Waals surface area contributed by atoms with Crippen LogP contribution in [0.15, 0.2) is 24.3 Å². The van der Waals surface area contributed by atoms with Gasteiger partial charge in [-0.2, -0.15) is 0 Å². The molecule has 1 heterocycles. The quantitative estimate of drug-likeness (QED) is 0.699. The highest BCUT2D eigenvalue weighted by Gasteiger charge is 2.30. The van der Waals surface area contributed by atoms with Crippen LogP contribution in [0.1, 0.15) is 46.0 Å². The zero-order valence-electron chi connectivity index (χ0n) is 16.8. The second kappa shape index (κ2) is 8.61. The Labute approximate surface area is 173 Å². The standard InChI is InChI=1S/C19H29N3O5S2/c1-14(2)29(26,27)21-16-9-7-15(8-10-16)19(23)20-17-5-3-6-18(13-17)22-11-4-12-28(22,24)25/h3,5-6,13-16,21H,4,7-12H2,1-2H3,(H,20,23)/t15-,16-. The first kappa shape index (κ1) is 22.0. The molecule has 0 aromatic heterocycles. The van der Waals surface area contributed by atoms with Crippen molar-refractivity contribution in [2.75, 3.05) is 21.9 Å². The van der Waals surface area contributed by atoms with Crippen LogP contribution in [0, 0.1) is 5.92 Å². The van der Waals surface area contributed by atoms with Gasteiger partial charge in [0.2, 0.25) is 26.0 Å². The molecule has 162 valence electrons. The highest BCUT2D eigenvalue weighted by Crippen LogP contribution is 2.29. The highest BCUT2D eigenvalue weighted by atomic mass is 32.2. The van der Waals surface area contributed by atoms with E-state index in [4.69, 9.17) is 0 Å². The third-order valence-electron chi connectivity index (χ3n) is 5.55. The predicted octanol–water partition coefficient (Wildman–Crippen LogP) is 2.05. The number of carbonyl (C=O) groups excluding carboxylic acids is 1. The van der Waals surface area contributed by atoms with Gasteiger partial charge >= 0.3 is 0 Å². The first-order chi connectivity index (χ1) is 13.6. The van der Waals surface area contributed by atoms with Crippen LogP contribution in [0.4, 0.5) is 11.4 Å². The zero-order chi connectivity index (χ0) is 21.2. The van der Waals surface area contributed by atoms with E-state index in [9.17, 15) is 21.6 Å². The summed E-state index contributed by atoms with van der Waals surface area (Å²) in [6, 6.07) is 6.76. The van der Waals surface area contributed by atoms with Crippen molar-refractivity contribution in [2.24, 2.45) is 5.92 Å². The lowest BCUT2D eigenvalue weighted by Crippen LogP contribution is -2.42. The smallest absolute Gasteiger partial charge is 0.235 e. The third kappa shape index (κ3) is 5.29. The van der Waals surface area contributed by atoms with Gasteiger partial charge in [-0.1, -0.05) is 6.07 Å². The molecule has 1 aliphatic carbocycles. The number of hydrogen-bond donors (Lipinski definition) is 2. The molecule has 2 N–H and O–H groups in total. The van der Waals surface area contributed by atoms with Crippen molar-refractivity contribution < 1.29 is 21.6 Å². The number of nitrogens with one attached hydrogen (secondary N) is 2. The van der Waals surface area contributed by atoms with E-state index in [0.29, 0.717) is 50.0 Å². The molecule has 1 amide bonds. The van der Waals surface area contributed by atoms with Gasteiger partial charge in [-0.3, -0.25) is 9.10 Å². The molecule has 8 nitrogen and oxygen atoms in total. The van der Waals surface area contributed by atoms with E-state index in [-0.39, 0.29) is 23.6 Å². The van der Waals surface area contributed by atoms with Gasteiger partial charge in [0.15, 0.2) is 0 Å². The van der Waals surface area contributed by atoms with Crippen LogP contribution in [-0.2, 0) is 24.8 Å². The maximum absolute atomic E-state index is 12.6. The number of rotatable bonds is 6. The average Bonchev–Trinajstić information content (AvgIpc) is 3.01. The van der Waals surface area contributed by atoms with E-state index < -0.39 is 25.3 Å². The van der Waals surface area contributed by atoms with Crippen LogP contribution in [0.25, 0.3) is 0 Å². The Hall–Kier alpha value is -1.65. The molecule has 0 bridgehead atoms. The number of amides is 1. The minimum absolute atomic E-state index is 0.114. The summed E-state index contributed by atoms with van der Waals surface area (Å²) >= 11 is 0. The molecule has 2 fully saturated rings. The van der Waals surface area contributed by atoms with Crippen LogP contribution >= 0.6 is 0 Å². The molecular weight excluding hydrogens is 414 g/mol. The monoisotopic (exact) mass is 443 g/mol. The number of nitrogens with zero attached hydrogens (tertiary/aromatic N) is 1. The van der Waals surface area contributed by atoms with Crippen molar-refractivity contribution in [3.8, 4) is 0 Å². The molecule has 1 aromatic rings. The molecule has 0 atom stereocenters. The summed E-state index contributed by atoms with van der Waals surface area (Å²) in [5, 5.41) is 2.41. The van der Waals surface area contributed by atoms with Crippen molar-refractivity contribution in [1.29, 1.82) is 0 Å². The molecule has 0 radical (unpaired) electrons. The highest BCUT2D eigenvalue weighted by molar-refractivity contribution is 7.93. The van der Waals surface area contributed by atoms with E-state index in [0.717, 1.165) is 0 Å². The fourth-order valence-corrected chi connectivity index (χ4v) is 6.28. The molecule has 2 aliphatic rings. The third-order valence-corrected chi connectivity index (χ3v) is 9.32. The Kier molecular flexibility index (Phi) is 6.54. The molecule has 1 saturated carbocycles. The lowest BCUT2D eigenvalue weighted by Gasteiger charge is -2.29. The van der Waals surface area contributed by atoms with E-state index in [1.54, 1.807) is 38.1 Å². The molecule has 1 aromatic carbocycles. The molecule has 0 spiro atoms. The Bertz CT molecular complexity index is 952. The molecule has 1 saturated heterocycles. The average molecular weight is 444 g/mol. The van der Waals surface area contributed by atoms with Crippen molar-refractivity contribution in [1.82, 2.24) is 4.72 Å². The fourth-order valence-electron chi connectivity index (χ4n) is 3.75. The van der Waals surface area contributed by atoms with Crippen molar-refractivity contribution in [3.63, 3.8) is 0 Å². The first-order valence-electron chi connectivity index (χ1n) is 10.0. The fraction of sp³-hybridized carbons (Fsp3) is 0.632. The molecule has 0 unspecified atom stereocenters. The lowest BCUT2D eigenvalue weighted by atomic mass is 9.86. The van der Waals surface area contributed by atoms with Crippen LogP contribution in [0.3, 0.4) is 0 Å². The Morgan fingerprint density at radius 3 is 2.45 bits per heavy atom. The minimum Gasteiger partial charge on any atom is -0.326 e. The van der Waals surface area contributed by atoms with Gasteiger partial charge in [0, 0.05) is 24.2 Å². The summed E-state index contributed by atoms with van der Waals surface area (Å²) in [4.78, 5) is 12.6. The SMILES string of the molecule is CC(C)S(=O)(=O)N[C@H]1CC[C@H](C(=O)Nc2cccc(N3CCCS3(=O)=O)c2)CC1. The molecule has 3 rings (SSSR count). The minimum atomic E-state index is -3.31.